The normalized spacial score (nSPS) is 10.8. The van der Waals surface area contributed by atoms with Crippen molar-refractivity contribution in [1.82, 2.24) is 9.13 Å². The van der Waals surface area contributed by atoms with E-state index < -0.39 is 8.40 Å². The molecule has 0 radical (unpaired) electrons. The van der Waals surface area contributed by atoms with Crippen LogP contribution >= 0.6 is 0 Å². The largest absolute Gasteiger partial charge is 0.466 e. The summed E-state index contributed by atoms with van der Waals surface area (Å²) in [5.74, 6) is -0.553. The molecule has 0 heterocycles. The molecule has 18 heavy (non-hydrogen) atoms. The standard InChI is InChI=1S/C11H22N2O4Si/c1-9(14)12(4)18(6,13(5)10(2)15)8-7-17-11(3)16/h7-8H2,1-6H3. The molecule has 7 heteroatoms. The number of nitrogens with zero attached hydrogens (tertiary/aromatic N) is 2. The number of carbonyl (C=O) groups excluding carboxylic acids is 3. The predicted octanol–water partition coefficient (Wildman–Crippen LogP) is 0.578. The fraction of sp³-hybridized carbons (Fsp3) is 0.727. The summed E-state index contributed by atoms with van der Waals surface area (Å²) in [6, 6.07) is 0.499. The van der Waals surface area contributed by atoms with Crippen molar-refractivity contribution >= 4 is 26.2 Å². The third-order valence-electron chi connectivity index (χ3n) is 3.27. The molecule has 0 aliphatic heterocycles. The zero-order valence-electron chi connectivity index (χ0n) is 11.9. The van der Waals surface area contributed by atoms with Gasteiger partial charge in [0, 0.05) is 40.9 Å². The third kappa shape index (κ3) is 4.14. The second-order valence-corrected chi connectivity index (χ2v) is 8.74. The van der Waals surface area contributed by atoms with E-state index in [1.165, 1.54) is 20.8 Å². The van der Waals surface area contributed by atoms with Crippen molar-refractivity contribution in [2.75, 3.05) is 20.7 Å². The lowest BCUT2D eigenvalue weighted by Crippen LogP contribution is -2.64. The highest BCUT2D eigenvalue weighted by atomic mass is 28.3. The van der Waals surface area contributed by atoms with E-state index in [4.69, 9.17) is 4.74 Å². The van der Waals surface area contributed by atoms with Crippen LogP contribution in [0, 0.1) is 0 Å². The first-order valence-electron chi connectivity index (χ1n) is 5.75. The number of hydrogen-bond donors (Lipinski definition) is 0. The van der Waals surface area contributed by atoms with Crippen molar-refractivity contribution in [3.63, 3.8) is 0 Å². The SMILES string of the molecule is CC(=O)OCC[Si](C)(N(C)C(C)=O)N(C)C(C)=O. The van der Waals surface area contributed by atoms with E-state index in [0.717, 1.165) is 0 Å². The van der Waals surface area contributed by atoms with E-state index in [1.807, 2.05) is 6.55 Å². The van der Waals surface area contributed by atoms with E-state index in [1.54, 1.807) is 23.2 Å². The number of ether oxygens (including phenoxy) is 1. The molecule has 0 fully saturated rings. The van der Waals surface area contributed by atoms with Crippen LogP contribution < -0.4 is 0 Å². The van der Waals surface area contributed by atoms with Crippen LogP contribution in [-0.2, 0) is 19.1 Å². The molecule has 104 valence electrons. The van der Waals surface area contributed by atoms with Crippen LogP contribution in [0.4, 0.5) is 0 Å². The molecule has 2 amide bonds. The molecular weight excluding hydrogens is 252 g/mol. The fourth-order valence-electron chi connectivity index (χ4n) is 1.63. The Kier molecular flexibility index (Phi) is 6.03. The highest BCUT2D eigenvalue weighted by molar-refractivity contribution is 6.77. The summed E-state index contributed by atoms with van der Waals surface area (Å²) in [6.07, 6.45) is 0. The van der Waals surface area contributed by atoms with Crippen molar-refractivity contribution in [3.05, 3.63) is 0 Å². The van der Waals surface area contributed by atoms with E-state index in [-0.39, 0.29) is 24.4 Å². The van der Waals surface area contributed by atoms with Gasteiger partial charge in [-0.05, 0) is 6.55 Å². The molecule has 0 aliphatic carbocycles. The summed E-state index contributed by atoms with van der Waals surface area (Å²) >= 11 is 0. The van der Waals surface area contributed by atoms with Gasteiger partial charge in [-0.3, -0.25) is 14.4 Å². The molecule has 0 aromatic carbocycles. The minimum Gasteiger partial charge on any atom is -0.466 e. The lowest BCUT2D eigenvalue weighted by atomic mass is 10.7. The van der Waals surface area contributed by atoms with Crippen LogP contribution in [0.15, 0.2) is 0 Å². The minimum atomic E-state index is -2.46. The molecule has 0 rings (SSSR count). The van der Waals surface area contributed by atoms with Crippen LogP contribution in [0.25, 0.3) is 0 Å². The predicted molar refractivity (Wildman–Crippen MR) is 69.9 cm³/mol. The topological polar surface area (TPSA) is 66.9 Å². The lowest BCUT2D eigenvalue weighted by Gasteiger charge is -2.42. The molecule has 0 saturated carbocycles. The Morgan fingerprint density at radius 2 is 1.39 bits per heavy atom. The van der Waals surface area contributed by atoms with Crippen molar-refractivity contribution in [3.8, 4) is 0 Å². The van der Waals surface area contributed by atoms with Crippen molar-refractivity contribution in [1.29, 1.82) is 0 Å². The van der Waals surface area contributed by atoms with Gasteiger partial charge in [0.1, 0.15) is 0 Å². The molecule has 6 nitrogen and oxygen atoms in total. The maximum Gasteiger partial charge on any atom is 0.302 e. The van der Waals surface area contributed by atoms with Crippen LogP contribution in [-0.4, -0.2) is 56.0 Å². The van der Waals surface area contributed by atoms with Crippen LogP contribution in [0.5, 0.6) is 0 Å². The average Bonchev–Trinajstić information content (AvgIpc) is 2.25. The summed E-state index contributed by atoms with van der Waals surface area (Å²) in [5, 5.41) is 0. The highest BCUT2D eigenvalue weighted by Gasteiger charge is 2.41. The monoisotopic (exact) mass is 274 g/mol. The summed E-state index contributed by atoms with van der Waals surface area (Å²) in [4.78, 5) is 33.8. The number of carbonyl (C=O) groups is 3. The molecule has 0 spiro atoms. The van der Waals surface area contributed by atoms with Gasteiger partial charge in [-0.15, -0.1) is 0 Å². The fourth-order valence-corrected chi connectivity index (χ4v) is 4.59. The smallest absolute Gasteiger partial charge is 0.302 e. The summed E-state index contributed by atoms with van der Waals surface area (Å²) in [5.41, 5.74) is 0. The third-order valence-corrected chi connectivity index (χ3v) is 7.94. The molecule has 0 saturated heterocycles. The average molecular weight is 274 g/mol. The van der Waals surface area contributed by atoms with Crippen LogP contribution in [0.3, 0.4) is 0 Å². The highest BCUT2D eigenvalue weighted by Crippen LogP contribution is 2.18. The molecule has 0 unspecified atom stereocenters. The van der Waals surface area contributed by atoms with E-state index in [0.29, 0.717) is 6.04 Å². The number of hydrogen-bond acceptors (Lipinski definition) is 4. The Labute approximate surface area is 109 Å². The number of esters is 1. The molecule has 0 N–H and O–H groups in total. The Morgan fingerprint density at radius 3 is 1.67 bits per heavy atom. The molecular formula is C11H22N2O4Si. The zero-order valence-corrected chi connectivity index (χ0v) is 12.9. The van der Waals surface area contributed by atoms with Gasteiger partial charge in [-0.2, -0.15) is 0 Å². The van der Waals surface area contributed by atoms with Crippen molar-refractivity contribution < 1.29 is 19.1 Å². The van der Waals surface area contributed by atoms with Crippen molar-refractivity contribution in [2.45, 2.75) is 33.4 Å². The minimum absolute atomic E-state index is 0.0971. The Morgan fingerprint density at radius 1 is 1.00 bits per heavy atom. The second kappa shape index (κ2) is 6.53. The Hall–Kier alpha value is -1.37. The number of amides is 2. The lowest BCUT2D eigenvalue weighted by molar-refractivity contribution is -0.140. The first-order chi connectivity index (χ1) is 8.12. The zero-order chi connectivity index (χ0) is 14.5. The molecule has 0 aliphatic rings. The van der Waals surface area contributed by atoms with Crippen LogP contribution in [0.1, 0.15) is 20.8 Å². The van der Waals surface area contributed by atoms with Gasteiger partial charge in [-0.1, -0.05) is 0 Å². The summed E-state index contributed by atoms with van der Waals surface area (Å²) < 4.78 is 8.14. The van der Waals surface area contributed by atoms with Gasteiger partial charge >= 0.3 is 5.97 Å². The molecule has 0 aromatic heterocycles. The molecule has 0 atom stereocenters. The maximum atomic E-state index is 11.5. The molecule has 0 bridgehead atoms. The van der Waals surface area contributed by atoms with Gasteiger partial charge in [-0.25, -0.2) is 0 Å². The van der Waals surface area contributed by atoms with Gasteiger partial charge in [0.05, 0.1) is 6.61 Å². The number of rotatable bonds is 5. The van der Waals surface area contributed by atoms with Gasteiger partial charge in [0.15, 0.2) is 0 Å². The second-order valence-electron chi connectivity index (χ2n) is 4.46. The quantitative estimate of drug-likeness (QED) is 0.543. The maximum absolute atomic E-state index is 11.5. The van der Waals surface area contributed by atoms with E-state index in [9.17, 15) is 14.4 Å². The van der Waals surface area contributed by atoms with Crippen LogP contribution in [0.2, 0.25) is 12.6 Å². The first kappa shape index (κ1) is 16.6. The van der Waals surface area contributed by atoms with Crippen molar-refractivity contribution in [2.24, 2.45) is 0 Å². The summed E-state index contributed by atoms with van der Waals surface area (Å²) in [6.45, 7) is 6.38. The van der Waals surface area contributed by atoms with E-state index >= 15 is 0 Å². The first-order valence-corrected chi connectivity index (χ1v) is 8.35. The molecule has 0 aromatic rings. The van der Waals surface area contributed by atoms with Gasteiger partial charge in [0.25, 0.3) is 8.40 Å². The Balaban J connectivity index is 4.97. The van der Waals surface area contributed by atoms with Gasteiger partial charge in [0.2, 0.25) is 11.8 Å². The summed E-state index contributed by atoms with van der Waals surface area (Å²) in [7, 11) is 0.906. The Bertz CT molecular complexity index is 326. The van der Waals surface area contributed by atoms with Gasteiger partial charge < -0.3 is 13.9 Å². The van der Waals surface area contributed by atoms with E-state index in [2.05, 4.69) is 0 Å².